The fraction of sp³-hybridized carbons (Fsp3) is 0.273. The van der Waals surface area contributed by atoms with Crippen LogP contribution in [0.1, 0.15) is 16.1 Å². The van der Waals surface area contributed by atoms with Gasteiger partial charge >= 0.3 is 0 Å². The van der Waals surface area contributed by atoms with Crippen LogP contribution in [0.5, 0.6) is 0 Å². The quantitative estimate of drug-likeness (QED) is 0.846. The molecule has 0 bridgehead atoms. The van der Waals surface area contributed by atoms with Crippen LogP contribution in [-0.4, -0.2) is 16.1 Å². The van der Waals surface area contributed by atoms with Crippen LogP contribution in [0, 0.1) is 6.92 Å². The van der Waals surface area contributed by atoms with Gasteiger partial charge in [-0.15, -0.1) is 11.3 Å². The topological polar surface area (TPSA) is 57.8 Å². The van der Waals surface area contributed by atoms with Crippen molar-refractivity contribution in [3.63, 3.8) is 0 Å². The summed E-state index contributed by atoms with van der Waals surface area (Å²) in [7, 11) is 0. The molecule has 4 nitrogen and oxygen atoms in total. The molecule has 2 heterocycles. The van der Waals surface area contributed by atoms with Gasteiger partial charge in [0.2, 0.25) is 5.91 Å². The van der Waals surface area contributed by atoms with E-state index in [0.717, 1.165) is 16.1 Å². The van der Waals surface area contributed by atoms with Gasteiger partial charge in [0, 0.05) is 22.7 Å². The highest BCUT2D eigenvalue weighted by molar-refractivity contribution is 7.10. The summed E-state index contributed by atoms with van der Waals surface area (Å²) in [4.78, 5) is 12.7. The first kappa shape index (κ1) is 10.9. The van der Waals surface area contributed by atoms with Crippen LogP contribution in [0.4, 0.5) is 0 Å². The van der Waals surface area contributed by atoms with Gasteiger partial charge in [-0.3, -0.25) is 9.89 Å². The molecule has 0 aliphatic heterocycles. The van der Waals surface area contributed by atoms with E-state index in [2.05, 4.69) is 15.5 Å². The Balaban J connectivity index is 1.82. The van der Waals surface area contributed by atoms with Crippen molar-refractivity contribution >= 4 is 17.2 Å². The number of hydrogen-bond acceptors (Lipinski definition) is 3. The van der Waals surface area contributed by atoms with Crippen LogP contribution in [0.2, 0.25) is 0 Å². The molecule has 16 heavy (non-hydrogen) atoms. The van der Waals surface area contributed by atoms with Crippen molar-refractivity contribution < 1.29 is 4.79 Å². The zero-order chi connectivity index (χ0) is 11.4. The van der Waals surface area contributed by atoms with Gasteiger partial charge in [0.15, 0.2) is 0 Å². The number of thiophene rings is 1. The summed E-state index contributed by atoms with van der Waals surface area (Å²) in [6.45, 7) is 2.47. The number of carbonyl (C=O) groups is 1. The molecule has 2 aromatic heterocycles. The normalized spacial score (nSPS) is 10.3. The Morgan fingerprint density at radius 3 is 3.12 bits per heavy atom. The maximum absolute atomic E-state index is 11.6. The highest BCUT2D eigenvalue weighted by Gasteiger charge is 2.05. The Hall–Kier alpha value is -1.62. The lowest BCUT2D eigenvalue weighted by Crippen LogP contribution is -2.24. The van der Waals surface area contributed by atoms with E-state index in [0.29, 0.717) is 13.0 Å². The SMILES string of the molecule is Cc1[nH]ncc1CNC(=O)Cc1cccs1. The van der Waals surface area contributed by atoms with E-state index in [1.807, 2.05) is 24.4 Å². The minimum absolute atomic E-state index is 0.0445. The molecule has 2 rings (SSSR count). The zero-order valence-electron chi connectivity index (χ0n) is 8.99. The van der Waals surface area contributed by atoms with Gasteiger partial charge in [-0.25, -0.2) is 0 Å². The summed E-state index contributed by atoms with van der Waals surface area (Å²) in [6, 6.07) is 3.92. The van der Waals surface area contributed by atoms with Crippen molar-refractivity contribution in [2.75, 3.05) is 0 Å². The molecule has 2 N–H and O–H groups in total. The molecule has 0 aromatic carbocycles. The van der Waals surface area contributed by atoms with Gasteiger partial charge in [-0.2, -0.15) is 5.10 Å². The van der Waals surface area contributed by atoms with Gasteiger partial charge in [0.1, 0.15) is 0 Å². The van der Waals surface area contributed by atoms with E-state index in [4.69, 9.17) is 0 Å². The highest BCUT2D eigenvalue weighted by Crippen LogP contribution is 2.09. The molecule has 0 atom stereocenters. The van der Waals surface area contributed by atoms with Crippen molar-refractivity contribution in [1.29, 1.82) is 0 Å². The second kappa shape index (κ2) is 4.94. The molecule has 0 spiro atoms. The van der Waals surface area contributed by atoms with Crippen LogP contribution < -0.4 is 5.32 Å². The van der Waals surface area contributed by atoms with E-state index in [-0.39, 0.29) is 5.91 Å². The lowest BCUT2D eigenvalue weighted by molar-refractivity contribution is -0.120. The van der Waals surface area contributed by atoms with Crippen LogP contribution in [0.3, 0.4) is 0 Å². The van der Waals surface area contributed by atoms with Gasteiger partial charge in [-0.1, -0.05) is 6.07 Å². The number of aromatic nitrogens is 2. The highest BCUT2D eigenvalue weighted by atomic mass is 32.1. The van der Waals surface area contributed by atoms with E-state index >= 15 is 0 Å². The molecule has 0 unspecified atom stereocenters. The fourth-order valence-electron chi connectivity index (χ4n) is 1.38. The third-order valence-electron chi connectivity index (χ3n) is 2.33. The molecule has 0 fully saturated rings. The molecular weight excluding hydrogens is 222 g/mol. The molecule has 0 saturated carbocycles. The molecule has 2 aromatic rings. The molecule has 5 heteroatoms. The first-order chi connectivity index (χ1) is 7.75. The fourth-order valence-corrected chi connectivity index (χ4v) is 2.09. The Bertz CT molecular complexity index is 461. The third-order valence-corrected chi connectivity index (χ3v) is 3.20. The first-order valence-electron chi connectivity index (χ1n) is 5.03. The second-order valence-electron chi connectivity index (χ2n) is 3.55. The maximum atomic E-state index is 11.6. The van der Waals surface area contributed by atoms with Crippen LogP contribution in [0.25, 0.3) is 0 Å². The number of carbonyl (C=O) groups excluding carboxylic acids is 1. The van der Waals surface area contributed by atoms with Crippen molar-refractivity contribution in [3.05, 3.63) is 39.8 Å². The molecule has 0 aliphatic rings. The lowest BCUT2D eigenvalue weighted by atomic mass is 10.2. The number of nitrogens with one attached hydrogen (secondary N) is 2. The summed E-state index contributed by atoms with van der Waals surface area (Å²) in [5.41, 5.74) is 2.02. The lowest BCUT2D eigenvalue weighted by Gasteiger charge is -2.02. The number of nitrogens with zero attached hydrogens (tertiary/aromatic N) is 1. The summed E-state index contributed by atoms with van der Waals surface area (Å²) in [5.74, 6) is 0.0445. The largest absolute Gasteiger partial charge is 0.352 e. The van der Waals surface area contributed by atoms with Crippen LogP contribution in [-0.2, 0) is 17.8 Å². The van der Waals surface area contributed by atoms with Gasteiger partial charge in [0.05, 0.1) is 12.6 Å². The number of aryl methyl sites for hydroxylation is 1. The number of hydrogen-bond donors (Lipinski definition) is 2. The Morgan fingerprint density at radius 2 is 2.50 bits per heavy atom. The summed E-state index contributed by atoms with van der Waals surface area (Å²) < 4.78 is 0. The van der Waals surface area contributed by atoms with Crippen molar-refractivity contribution in [1.82, 2.24) is 15.5 Å². The standard InChI is InChI=1S/C11H13N3OS/c1-8-9(7-13-14-8)6-12-11(15)5-10-3-2-4-16-10/h2-4,7H,5-6H2,1H3,(H,12,15)(H,13,14). The monoisotopic (exact) mass is 235 g/mol. The molecular formula is C11H13N3OS. The third kappa shape index (κ3) is 2.70. The first-order valence-corrected chi connectivity index (χ1v) is 5.91. The number of rotatable bonds is 4. The predicted octanol–water partition coefficient (Wildman–Crippen LogP) is 1.64. The van der Waals surface area contributed by atoms with Gasteiger partial charge in [-0.05, 0) is 18.4 Å². The molecule has 1 amide bonds. The average Bonchev–Trinajstić information content (AvgIpc) is 2.87. The minimum Gasteiger partial charge on any atom is -0.352 e. The van der Waals surface area contributed by atoms with E-state index in [1.54, 1.807) is 17.5 Å². The van der Waals surface area contributed by atoms with Crippen molar-refractivity contribution in [3.8, 4) is 0 Å². The summed E-state index contributed by atoms with van der Waals surface area (Å²) in [6.07, 6.45) is 2.19. The Kier molecular flexibility index (Phi) is 3.36. The Morgan fingerprint density at radius 1 is 1.62 bits per heavy atom. The number of amides is 1. The summed E-state index contributed by atoms with van der Waals surface area (Å²) in [5, 5.41) is 11.6. The second-order valence-corrected chi connectivity index (χ2v) is 4.59. The predicted molar refractivity (Wildman–Crippen MR) is 63.2 cm³/mol. The van der Waals surface area contributed by atoms with E-state index in [1.165, 1.54) is 0 Å². The molecule has 84 valence electrons. The van der Waals surface area contributed by atoms with Gasteiger partial charge < -0.3 is 5.32 Å². The van der Waals surface area contributed by atoms with Gasteiger partial charge in [0.25, 0.3) is 0 Å². The average molecular weight is 235 g/mol. The maximum Gasteiger partial charge on any atom is 0.225 e. The zero-order valence-corrected chi connectivity index (χ0v) is 9.80. The molecule has 0 saturated heterocycles. The Labute approximate surface area is 97.7 Å². The molecule has 0 aliphatic carbocycles. The smallest absolute Gasteiger partial charge is 0.225 e. The number of H-pyrrole nitrogens is 1. The van der Waals surface area contributed by atoms with E-state index in [9.17, 15) is 4.79 Å². The van der Waals surface area contributed by atoms with Crippen LogP contribution >= 0.6 is 11.3 Å². The minimum atomic E-state index is 0.0445. The molecule has 0 radical (unpaired) electrons. The van der Waals surface area contributed by atoms with Crippen LogP contribution in [0.15, 0.2) is 23.7 Å². The van der Waals surface area contributed by atoms with Crippen molar-refractivity contribution in [2.24, 2.45) is 0 Å². The summed E-state index contributed by atoms with van der Waals surface area (Å²) >= 11 is 1.60. The number of aromatic amines is 1. The van der Waals surface area contributed by atoms with E-state index < -0.39 is 0 Å². The van der Waals surface area contributed by atoms with Crippen molar-refractivity contribution in [2.45, 2.75) is 19.9 Å².